The van der Waals surface area contributed by atoms with Gasteiger partial charge in [0.2, 0.25) is 11.8 Å². The van der Waals surface area contributed by atoms with Crippen LogP contribution in [-0.2, 0) is 16.0 Å². The number of H-pyrrole nitrogens is 1. The van der Waals surface area contributed by atoms with Crippen molar-refractivity contribution in [3.8, 4) is 0 Å². The average Bonchev–Trinajstić information content (AvgIpc) is 3.35. The zero-order valence-corrected chi connectivity index (χ0v) is 25.6. The molecule has 48 heavy (non-hydrogen) atoms. The highest BCUT2D eigenvalue weighted by molar-refractivity contribution is 6.25. The van der Waals surface area contributed by atoms with Gasteiger partial charge in [-0.3, -0.25) is 43.9 Å². The van der Waals surface area contributed by atoms with E-state index >= 15 is 0 Å². The van der Waals surface area contributed by atoms with Crippen LogP contribution in [0.3, 0.4) is 0 Å². The molecule has 0 saturated carbocycles. The molecule has 1 unspecified atom stereocenters. The summed E-state index contributed by atoms with van der Waals surface area (Å²) >= 11 is 0. The van der Waals surface area contributed by atoms with Gasteiger partial charge < -0.3 is 10.2 Å². The first kappa shape index (κ1) is 30.9. The molecule has 1 aromatic heterocycles. The summed E-state index contributed by atoms with van der Waals surface area (Å²) < 4.78 is 14.9. The van der Waals surface area contributed by atoms with Crippen molar-refractivity contribution in [1.29, 1.82) is 0 Å². The zero-order valence-electron chi connectivity index (χ0n) is 25.6. The molecule has 4 heterocycles. The molecular formula is C34H30FN7O6. The van der Waals surface area contributed by atoms with Crippen LogP contribution < -0.4 is 16.2 Å². The van der Waals surface area contributed by atoms with Gasteiger partial charge in [0.25, 0.3) is 23.3 Å². The monoisotopic (exact) mass is 651 g/mol. The lowest BCUT2D eigenvalue weighted by Crippen LogP contribution is -2.54. The van der Waals surface area contributed by atoms with Crippen LogP contribution in [0.4, 0.5) is 10.1 Å². The van der Waals surface area contributed by atoms with Gasteiger partial charge in [-0.25, -0.2) is 9.49 Å². The number of aromatic amines is 1. The maximum absolute atomic E-state index is 14.9. The first-order valence-electron chi connectivity index (χ1n) is 15.5. The summed E-state index contributed by atoms with van der Waals surface area (Å²) in [6.07, 6.45) is 0.395. The number of benzene rings is 3. The predicted molar refractivity (Wildman–Crippen MR) is 171 cm³/mol. The lowest BCUT2D eigenvalue weighted by molar-refractivity contribution is -0.136. The SMILES string of the molecule is O=C1CCC(N2C(=O)c3cccc(NCN4CCN(C(=O)c5cc(Cc6n[nH]c(=O)c7ccccc67)ccc5F)CC4)c3C2=O)C(=O)N1. The van der Waals surface area contributed by atoms with Crippen LogP contribution in [0.2, 0.25) is 0 Å². The van der Waals surface area contributed by atoms with E-state index in [-0.39, 0.29) is 35.1 Å². The first-order chi connectivity index (χ1) is 23.2. The molecule has 13 nitrogen and oxygen atoms in total. The Labute approximate surface area is 272 Å². The first-order valence-corrected chi connectivity index (χ1v) is 15.5. The summed E-state index contributed by atoms with van der Waals surface area (Å²) in [7, 11) is 0. The molecule has 3 N–H and O–H groups in total. The Morgan fingerprint density at radius 1 is 0.917 bits per heavy atom. The highest BCUT2D eigenvalue weighted by atomic mass is 19.1. The fraction of sp³-hybridized carbons (Fsp3) is 0.265. The zero-order chi connectivity index (χ0) is 33.5. The molecule has 244 valence electrons. The molecule has 3 aliphatic heterocycles. The lowest BCUT2D eigenvalue weighted by atomic mass is 10.0. The van der Waals surface area contributed by atoms with Crippen molar-refractivity contribution in [2.75, 3.05) is 38.2 Å². The van der Waals surface area contributed by atoms with Crippen molar-refractivity contribution >= 4 is 46.0 Å². The minimum atomic E-state index is -1.06. The molecule has 0 bridgehead atoms. The summed E-state index contributed by atoms with van der Waals surface area (Å²) in [5.74, 6) is -3.36. The van der Waals surface area contributed by atoms with E-state index in [1.165, 1.54) is 18.2 Å². The van der Waals surface area contributed by atoms with Crippen LogP contribution in [0.5, 0.6) is 0 Å². The molecule has 0 radical (unpaired) electrons. The summed E-state index contributed by atoms with van der Waals surface area (Å²) in [6.45, 7) is 1.92. The largest absolute Gasteiger partial charge is 0.372 e. The summed E-state index contributed by atoms with van der Waals surface area (Å²) in [4.78, 5) is 80.7. The van der Waals surface area contributed by atoms with Crippen LogP contribution in [-0.4, -0.2) is 93.3 Å². The van der Waals surface area contributed by atoms with Gasteiger partial charge in [-0.1, -0.05) is 30.3 Å². The van der Waals surface area contributed by atoms with Crippen molar-refractivity contribution in [3.05, 3.63) is 105 Å². The summed E-state index contributed by atoms with van der Waals surface area (Å²) in [6, 6.07) is 15.3. The van der Waals surface area contributed by atoms with E-state index in [1.54, 1.807) is 41.3 Å². The molecule has 14 heteroatoms. The molecule has 0 aliphatic carbocycles. The number of nitrogens with one attached hydrogen (secondary N) is 3. The standard InChI is InChI=1S/C34H30FN7O6/c35-24-9-8-19(17-26-20-4-1-2-5-21(20)30(44)39-38-26)16-23(24)32(46)41-14-12-40(13-15-41)18-36-25-7-3-6-22-29(25)34(48)42(33(22)47)27-10-11-28(43)37-31(27)45/h1-9,16,27,36H,10-15,17-18H2,(H,39,44)(H,37,43,45). The predicted octanol–water partition coefficient (Wildman–Crippen LogP) is 1.88. The fourth-order valence-corrected chi connectivity index (χ4v) is 6.48. The number of carbonyl (C=O) groups excluding carboxylic acids is 5. The van der Waals surface area contributed by atoms with Crippen molar-refractivity contribution in [2.45, 2.75) is 25.3 Å². The van der Waals surface area contributed by atoms with Crippen LogP contribution in [0.15, 0.2) is 65.5 Å². The van der Waals surface area contributed by atoms with E-state index in [4.69, 9.17) is 0 Å². The maximum Gasteiger partial charge on any atom is 0.272 e. The van der Waals surface area contributed by atoms with Gasteiger partial charge >= 0.3 is 0 Å². The van der Waals surface area contributed by atoms with Gasteiger partial charge in [-0.05, 0) is 42.3 Å². The number of piperidine rings is 1. The molecule has 4 aromatic rings. The number of aromatic nitrogens is 2. The van der Waals surface area contributed by atoms with Crippen LogP contribution in [0, 0.1) is 5.82 Å². The second kappa shape index (κ2) is 12.4. The van der Waals surface area contributed by atoms with Crippen molar-refractivity contribution < 1.29 is 28.4 Å². The number of hydrogen-bond acceptors (Lipinski definition) is 9. The van der Waals surface area contributed by atoms with E-state index in [9.17, 15) is 33.2 Å². The van der Waals surface area contributed by atoms with Gasteiger partial charge in [0.15, 0.2) is 0 Å². The molecule has 3 aromatic carbocycles. The third-order valence-corrected chi connectivity index (χ3v) is 9.03. The van der Waals surface area contributed by atoms with Gasteiger partial charge in [-0.15, -0.1) is 0 Å². The Bertz CT molecular complexity index is 2070. The number of rotatable bonds is 7. The van der Waals surface area contributed by atoms with Crippen molar-refractivity contribution in [2.24, 2.45) is 0 Å². The number of piperazine rings is 1. The third kappa shape index (κ3) is 5.59. The minimum absolute atomic E-state index is 0.0349. The summed E-state index contributed by atoms with van der Waals surface area (Å²) in [5, 5.41) is 13.3. The number of imide groups is 2. The highest BCUT2D eigenvalue weighted by Gasteiger charge is 2.45. The van der Waals surface area contributed by atoms with E-state index in [1.807, 2.05) is 11.0 Å². The Morgan fingerprint density at radius 2 is 1.69 bits per heavy atom. The van der Waals surface area contributed by atoms with Crippen LogP contribution in [0.1, 0.15) is 55.2 Å². The molecule has 3 aliphatic rings. The van der Waals surface area contributed by atoms with E-state index in [0.717, 1.165) is 4.90 Å². The maximum atomic E-state index is 14.9. The number of anilines is 1. The number of amides is 5. The quantitative estimate of drug-likeness (QED) is 0.253. The minimum Gasteiger partial charge on any atom is -0.372 e. The molecule has 0 spiro atoms. The lowest BCUT2D eigenvalue weighted by Gasteiger charge is -2.35. The Balaban J connectivity index is 0.987. The highest BCUT2D eigenvalue weighted by Crippen LogP contribution is 2.32. The van der Waals surface area contributed by atoms with Crippen molar-refractivity contribution in [1.82, 2.24) is 30.2 Å². The van der Waals surface area contributed by atoms with Gasteiger partial charge in [0.05, 0.1) is 34.4 Å². The number of hydrogen-bond donors (Lipinski definition) is 3. The van der Waals surface area contributed by atoms with E-state index < -0.39 is 41.4 Å². The summed E-state index contributed by atoms with van der Waals surface area (Å²) in [5.41, 5.74) is 1.72. The average molecular weight is 652 g/mol. The molecule has 2 fully saturated rings. The Hall–Kier alpha value is -5.76. The number of fused-ring (bicyclic) bond motifs is 2. The fourth-order valence-electron chi connectivity index (χ4n) is 6.48. The molecule has 7 rings (SSSR count). The number of nitrogens with zero attached hydrogens (tertiary/aromatic N) is 4. The number of halogens is 1. The van der Waals surface area contributed by atoms with E-state index in [0.29, 0.717) is 67.0 Å². The second-order valence-electron chi connectivity index (χ2n) is 12.0. The molecule has 2 saturated heterocycles. The van der Waals surface area contributed by atoms with Crippen LogP contribution in [0.25, 0.3) is 10.8 Å². The Morgan fingerprint density at radius 3 is 2.46 bits per heavy atom. The number of carbonyl (C=O) groups is 5. The van der Waals surface area contributed by atoms with Gasteiger partial charge in [0.1, 0.15) is 11.9 Å². The molecular weight excluding hydrogens is 621 g/mol. The molecule has 1 atom stereocenters. The second-order valence-corrected chi connectivity index (χ2v) is 12.0. The van der Waals surface area contributed by atoms with Gasteiger partial charge in [-0.2, -0.15) is 5.10 Å². The molecule has 5 amide bonds. The Kier molecular flexibility index (Phi) is 8.01. The normalized spacial score (nSPS) is 18.3. The van der Waals surface area contributed by atoms with E-state index in [2.05, 4.69) is 20.8 Å². The van der Waals surface area contributed by atoms with Crippen molar-refractivity contribution in [3.63, 3.8) is 0 Å². The van der Waals surface area contributed by atoms with Gasteiger partial charge in [0, 0.05) is 50.1 Å². The smallest absolute Gasteiger partial charge is 0.272 e. The third-order valence-electron chi connectivity index (χ3n) is 9.03. The van der Waals surface area contributed by atoms with Crippen LogP contribution >= 0.6 is 0 Å². The topological polar surface area (TPSA) is 165 Å².